The molecule has 3 aromatic rings. The highest BCUT2D eigenvalue weighted by atomic mass is 32.1. The van der Waals surface area contributed by atoms with Gasteiger partial charge in [-0.05, 0) is 30.3 Å². The number of nitrogens with zero attached hydrogens (tertiary/aromatic N) is 2. The molecule has 0 unspecified atom stereocenters. The zero-order valence-corrected chi connectivity index (χ0v) is 16.3. The molecule has 1 aromatic heterocycles. The Bertz CT molecular complexity index is 1020. The van der Waals surface area contributed by atoms with Gasteiger partial charge in [0.2, 0.25) is 6.79 Å². The smallest absolute Gasteiger partial charge is 0.254 e. The maximum atomic E-state index is 13.3. The molecular weight excluding hydrogens is 392 g/mol. The molecule has 0 saturated carbocycles. The summed E-state index contributed by atoms with van der Waals surface area (Å²) in [7, 11) is 0. The number of hydrogen-bond acceptors (Lipinski definition) is 7. The Morgan fingerprint density at radius 2 is 1.90 bits per heavy atom. The van der Waals surface area contributed by atoms with Gasteiger partial charge in [0.15, 0.2) is 29.1 Å². The van der Waals surface area contributed by atoms with E-state index in [4.69, 9.17) is 18.9 Å². The van der Waals surface area contributed by atoms with Gasteiger partial charge in [0.05, 0.1) is 13.1 Å². The first-order valence-corrected chi connectivity index (χ1v) is 10.1. The van der Waals surface area contributed by atoms with Gasteiger partial charge in [0.25, 0.3) is 5.91 Å². The maximum Gasteiger partial charge on any atom is 0.254 e. The van der Waals surface area contributed by atoms with Gasteiger partial charge in [0.1, 0.15) is 11.6 Å². The molecule has 0 fully saturated rings. The van der Waals surface area contributed by atoms with Crippen LogP contribution in [0.3, 0.4) is 0 Å². The van der Waals surface area contributed by atoms with Crippen LogP contribution in [0.4, 0.5) is 0 Å². The van der Waals surface area contributed by atoms with Crippen molar-refractivity contribution in [1.82, 2.24) is 9.88 Å². The predicted octanol–water partition coefficient (Wildman–Crippen LogP) is 3.35. The first-order valence-electron chi connectivity index (χ1n) is 9.22. The summed E-state index contributed by atoms with van der Waals surface area (Å²) in [6, 6.07) is 12.8. The van der Waals surface area contributed by atoms with Crippen LogP contribution in [-0.4, -0.2) is 41.8 Å². The van der Waals surface area contributed by atoms with E-state index in [1.807, 2.05) is 29.6 Å². The number of carbonyl (C=O) groups is 1. The normalized spacial score (nSPS) is 16.5. The molecule has 0 saturated heterocycles. The quantitative estimate of drug-likeness (QED) is 0.643. The molecule has 2 aliphatic heterocycles. The molecule has 148 valence electrons. The van der Waals surface area contributed by atoms with Crippen LogP contribution < -0.4 is 18.9 Å². The molecule has 1 amide bonds. The summed E-state index contributed by atoms with van der Waals surface area (Å²) in [6.45, 7) is 1.32. The lowest BCUT2D eigenvalue weighted by Gasteiger charge is -2.31. The Hall–Kier alpha value is -3.26. The fraction of sp³-hybridized carbons (Fsp3) is 0.238. The second-order valence-electron chi connectivity index (χ2n) is 6.68. The van der Waals surface area contributed by atoms with Crippen molar-refractivity contribution in [3.05, 3.63) is 64.6 Å². The standard InChI is InChI=1S/C21H18N2O5S/c24-21(14-5-6-17-19(9-14)27-13-26-17)23(11-20-22-7-8-29-20)10-15-12-25-16-3-1-2-4-18(16)28-15/h1-9,15H,10-13H2/t15-/m0/s1. The van der Waals surface area contributed by atoms with Gasteiger partial charge >= 0.3 is 0 Å². The van der Waals surface area contributed by atoms with Crippen molar-refractivity contribution in [2.24, 2.45) is 0 Å². The van der Waals surface area contributed by atoms with E-state index < -0.39 is 0 Å². The van der Waals surface area contributed by atoms with Crippen LogP contribution in [-0.2, 0) is 6.54 Å². The zero-order chi connectivity index (χ0) is 19.6. The van der Waals surface area contributed by atoms with Gasteiger partial charge < -0.3 is 23.8 Å². The number of aromatic nitrogens is 1. The molecule has 7 nitrogen and oxygen atoms in total. The van der Waals surface area contributed by atoms with E-state index in [9.17, 15) is 4.79 Å². The third kappa shape index (κ3) is 3.71. The van der Waals surface area contributed by atoms with Crippen molar-refractivity contribution in [3.8, 4) is 23.0 Å². The SMILES string of the molecule is O=C(c1ccc2c(c1)OCO2)N(Cc1nccs1)C[C@H]1COc2ccccc2O1. The molecular formula is C21H18N2O5S. The number of para-hydroxylation sites is 2. The largest absolute Gasteiger partial charge is 0.486 e. The van der Waals surface area contributed by atoms with Gasteiger partial charge in [-0.3, -0.25) is 4.79 Å². The van der Waals surface area contributed by atoms with Gasteiger partial charge in [-0.25, -0.2) is 4.98 Å². The summed E-state index contributed by atoms with van der Waals surface area (Å²) < 4.78 is 22.6. The molecule has 8 heteroatoms. The predicted molar refractivity (Wildman–Crippen MR) is 106 cm³/mol. The van der Waals surface area contributed by atoms with Gasteiger partial charge in [-0.2, -0.15) is 0 Å². The van der Waals surface area contributed by atoms with Crippen molar-refractivity contribution in [2.75, 3.05) is 19.9 Å². The van der Waals surface area contributed by atoms with E-state index in [0.29, 0.717) is 42.5 Å². The average Bonchev–Trinajstić information content (AvgIpc) is 3.44. The minimum Gasteiger partial charge on any atom is -0.486 e. The molecule has 0 bridgehead atoms. The number of benzene rings is 2. The van der Waals surface area contributed by atoms with Crippen LogP contribution >= 0.6 is 11.3 Å². The van der Waals surface area contributed by atoms with E-state index in [-0.39, 0.29) is 18.8 Å². The highest BCUT2D eigenvalue weighted by Crippen LogP contribution is 2.34. The monoisotopic (exact) mass is 410 g/mol. The Morgan fingerprint density at radius 3 is 2.76 bits per heavy atom. The Labute approximate surface area is 171 Å². The van der Waals surface area contributed by atoms with Crippen molar-refractivity contribution in [3.63, 3.8) is 0 Å². The first kappa shape index (κ1) is 17.8. The molecule has 5 rings (SSSR count). The number of fused-ring (bicyclic) bond motifs is 2. The summed E-state index contributed by atoms with van der Waals surface area (Å²) in [5.74, 6) is 2.51. The molecule has 1 atom stereocenters. The summed E-state index contributed by atoms with van der Waals surface area (Å²) in [5.41, 5.74) is 0.530. The van der Waals surface area contributed by atoms with Crippen molar-refractivity contribution < 1.29 is 23.7 Å². The Kier molecular flexibility index (Phi) is 4.69. The van der Waals surface area contributed by atoms with Gasteiger partial charge in [0, 0.05) is 17.1 Å². The lowest BCUT2D eigenvalue weighted by Crippen LogP contribution is -2.43. The first-order chi connectivity index (χ1) is 14.3. The zero-order valence-electron chi connectivity index (χ0n) is 15.4. The van der Waals surface area contributed by atoms with Gasteiger partial charge in [-0.15, -0.1) is 11.3 Å². The fourth-order valence-electron chi connectivity index (χ4n) is 3.32. The highest BCUT2D eigenvalue weighted by molar-refractivity contribution is 7.09. The van der Waals surface area contributed by atoms with Crippen LogP contribution in [0.15, 0.2) is 54.0 Å². The van der Waals surface area contributed by atoms with Crippen molar-refractivity contribution in [2.45, 2.75) is 12.6 Å². The number of ether oxygens (including phenoxy) is 4. The lowest BCUT2D eigenvalue weighted by molar-refractivity contribution is 0.0444. The van der Waals surface area contributed by atoms with E-state index in [2.05, 4.69) is 4.98 Å². The average molecular weight is 410 g/mol. The third-order valence-electron chi connectivity index (χ3n) is 4.71. The second-order valence-corrected chi connectivity index (χ2v) is 7.66. The minimum absolute atomic E-state index is 0.124. The number of amides is 1. The molecule has 0 radical (unpaired) electrons. The van der Waals surface area contributed by atoms with Crippen LogP contribution in [0.5, 0.6) is 23.0 Å². The molecule has 0 spiro atoms. The van der Waals surface area contributed by atoms with Gasteiger partial charge in [-0.1, -0.05) is 12.1 Å². The van der Waals surface area contributed by atoms with Crippen LogP contribution in [0, 0.1) is 0 Å². The molecule has 0 aliphatic carbocycles. The fourth-order valence-corrected chi connectivity index (χ4v) is 3.96. The number of rotatable bonds is 5. The molecule has 29 heavy (non-hydrogen) atoms. The van der Waals surface area contributed by atoms with E-state index in [1.54, 1.807) is 29.3 Å². The number of hydrogen-bond donors (Lipinski definition) is 0. The van der Waals surface area contributed by atoms with Crippen molar-refractivity contribution >= 4 is 17.2 Å². The lowest BCUT2D eigenvalue weighted by atomic mass is 10.1. The summed E-state index contributed by atoms with van der Waals surface area (Å²) >= 11 is 1.51. The van der Waals surface area contributed by atoms with Crippen LogP contribution in [0.25, 0.3) is 0 Å². The van der Waals surface area contributed by atoms with Crippen LogP contribution in [0.1, 0.15) is 15.4 Å². The van der Waals surface area contributed by atoms with E-state index in [0.717, 1.165) is 10.8 Å². The number of carbonyl (C=O) groups excluding carboxylic acids is 1. The Balaban J connectivity index is 1.37. The molecule has 0 N–H and O–H groups in total. The maximum absolute atomic E-state index is 13.3. The topological polar surface area (TPSA) is 70.1 Å². The summed E-state index contributed by atoms with van der Waals surface area (Å²) in [5, 5.41) is 2.76. The summed E-state index contributed by atoms with van der Waals surface area (Å²) in [4.78, 5) is 19.4. The minimum atomic E-state index is -0.275. The van der Waals surface area contributed by atoms with E-state index >= 15 is 0 Å². The number of thiazole rings is 1. The van der Waals surface area contributed by atoms with E-state index in [1.165, 1.54) is 11.3 Å². The van der Waals surface area contributed by atoms with Crippen molar-refractivity contribution in [1.29, 1.82) is 0 Å². The summed E-state index contributed by atoms with van der Waals surface area (Å²) in [6.07, 6.45) is 1.46. The molecule has 2 aromatic carbocycles. The Morgan fingerprint density at radius 1 is 1.07 bits per heavy atom. The second kappa shape index (κ2) is 7.63. The molecule has 3 heterocycles. The van der Waals surface area contributed by atoms with Crippen LogP contribution in [0.2, 0.25) is 0 Å². The molecule has 2 aliphatic rings. The highest BCUT2D eigenvalue weighted by Gasteiger charge is 2.27. The third-order valence-corrected chi connectivity index (χ3v) is 5.47.